The Balaban J connectivity index is 1.58. The minimum atomic E-state index is -0.632. The summed E-state index contributed by atoms with van der Waals surface area (Å²) in [5, 5.41) is 3.09. The number of halogens is 1. The van der Waals surface area contributed by atoms with E-state index < -0.39 is 5.54 Å². The van der Waals surface area contributed by atoms with Gasteiger partial charge in [-0.25, -0.2) is 14.4 Å². The zero-order valence-corrected chi connectivity index (χ0v) is 13.9. The average Bonchev–Trinajstić information content (AvgIpc) is 3.48. The molecule has 0 spiro atoms. The smallest absolute Gasteiger partial charge is 0.255 e. The lowest BCUT2D eigenvalue weighted by Gasteiger charge is -2.38. The number of hydrogen-bond donors (Lipinski definition) is 1. The Morgan fingerprint density at radius 1 is 1.20 bits per heavy atom. The second-order valence-electron chi connectivity index (χ2n) is 6.76. The molecule has 0 bridgehead atoms. The zero-order valence-electron chi connectivity index (χ0n) is 13.9. The minimum Gasteiger partial charge on any atom is -0.381 e. The molecule has 1 saturated heterocycles. The van der Waals surface area contributed by atoms with Crippen molar-refractivity contribution in [1.29, 1.82) is 0 Å². The summed E-state index contributed by atoms with van der Waals surface area (Å²) in [7, 11) is 0. The molecule has 1 saturated carbocycles. The third kappa shape index (κ3) is 3.39. The Bertz CT molecular complexity index is 768. The third-order valence-corrected chi connectivity index (χ3v) is 4.95. The van der Waals surface area contributed by atoms with Crippen LogP contribution in [0.25, 0.3) is 0 Å². The van der Waals surface area contributed by atoms with E-state index in [1.54, 1.807) is 18.5 Å². The number of rotatable bonds is 4. The summed E-state index contributed by atoms with van der Waals surface area (Å²) in [6, 6.07) is 6.41. The van der Waals surface area contributed by atoms with Crippen LogP contribution >= 0.6 is 0 Å². The van der Waals surface area contributed by atoms with Gasteiger partial charge in [0.1, 0.15) is 11.6 Å². The lowest BCUT2D eigenvalue weighted by molar-refractivity contribution is 0.0344. The molecule has 1 aromatic carbocycles. The molecule has 2 fully saturated rings. The highest BCUT2D eigenvalue weighted by Gasteiger charge is 2.36. The first kappa shape index (κ1) is 16.1. The summed E-state index contributed by atoms with van der Waals surface area (Å²) in [6.07, 6.45) is 6.60. The van der Waals surface area contributed by atoms with Gasteiger partial charge >= 0.3 is 0 Å². The summed E-state index contributed by atoms with van der Waals surface area (Å²) in [4.78, 5) is 21.4. The summed E-state index contributed by atoms with van der Waals surface area (Å²) in [6.45, 7) is 1.04. The lowest BCUT2D eigenvalue weighted by atomic mass is 9.82. The predicted molar refractivity (Wildman–Crippen MR) is 89.6 cm³/mol. The Morgan fingerprint density at radius 3 is 2.56 bits per heavy atom. The highest BCUT2D eigenvalue weighted by Crippen LogP contribution is 2.37. The van der Waals surface area contributed by atoms with E-state index in [-0.39, 0.29) is 11.7 Å². The molecule has 1 aliphatic heterocycles. The molecule has 2 aliphatic rings. The van der Waals surface area contributed by atoms with Gasteiger partial charge in [-0.3, -0.25) is 4.79 Å². The number of aromatic nitrogens is 2. The van der Waals surface area contributed by atoms with Crippen molar-refractivity contribution in [3.8, 4) is 0 Å². The Labute approximate surface area is 145 Å². The maximum atomic E-state index is 13.7. The molecular weight excluding hydrogens is 321 g/mol. The van der Waals surface area contributed by atoms with Crippen molar-refractivity contribution in [3.05, 3.63) is 59.4 Å². The first-order valence-corrected chi connectivity index (χ1v) is 8.65. The number of nitrogens with one attached hydrogen (secondary N) is 1. The number of carbonyl (C=O) groups is 1. The van der Waals surface area contributed by atoms with Gasteiger partial charge in [-0.05, 0) is 43.4 Å². The Kier molecular flexibility index (Phi) is 4.21. The van der Waals surface area contributed by atoms with Gasteiger partial charge in [0.05, 0.1) is 11.1 Å². The Hall–Kier alpha value is -2.34. The molecule has 0 radical (unpaired) electrons. The maximum Gasteiger partial charge on any atom is 0.255 e. The highest BCUT2D eigenvalue weighted by atomic mass is 19.1. The van der Waals surface area contributed by atoms with Crippen molar-refractivity contribution in [2.75, 3.05) is 13.2 Å². The van der Waals surface area contributed by atoms with E-state index in [2.05, 4.69) is 15.3 Å². The molecule has 25 heavy (non-hydrogen) atoms. The van der Waals surface area contributed by atoms with Crippen molar-refractivity contribution < 1.29 is 13.9 Å². The standard InChI is InChI=1S/C19H20FN3O2/c20-16-3-1-2-15(10-16)19(6-8-25-9-7-19)23-18(24)14-11-21-17(22-12-14)13-4-5-13/h1-3,10-13H,4-9H2,(H,23,24). The van der Waals surface area contributed by atoms with Gasteiger partial charge in [0, 0.05) is 31.5 Å². The van der Waals surface area contributed by atoms with Gasteiger partial charge in [0.2, 0.25) is 0 Å². The number of benzene rings is 1. The van der Waals surface area contributed by atoms with E-state index in [1.807, 2.05) is 6.07 Å². The largest absolute Gasteiger partial charge is 0.381 e. The molecule has 6 heteroatoms. The fraction of sp³-hybridized carbons (Fsp3) is 0.421. The number of amides is 1. The van der Waals surface area contributed by atoms with Crippen LogP contribution in [-0.4, -0.2) is 29.1 Å². The molecule has 2 aromatic rings. The Morgan fingerprint density at radius 2 is 1.92 bits per heavy atom. The van der Waals surface area contributed by atoms with E-state index in [0.717, 1.165) is 24.2 Å². The van der Waals surface area contributed by atoms with E-state index >= 15 is 0 Å². The topological polar surface area (TPSA) is 64.1 Å². The number of hydrogen-bond acceptors (Lipinski definition) is 4. The molecule has 1 amide bonds. The first-order chi connectivity index (χ1) is 12.2. The minimum absolute atomic E-state index is 0.242. The summed E-state index contributed by atoms with van der Waals surface area (Å²) in [5.74, 6) is 0.706. The quantitative estimate of drug-likeness (QED) is 0.929. The van der Waals surface area contributed by atoms with Crippen molar-refractivity contribution in [2.24, 2.45) is 0 Å². The van der Waals surface area contributed by atoms with Crippen LogP contribution < -0.4 is 5.32 Å². The monoisotopic (exact) mass is 341 g/mol. The third-order valence-electron chi connectivity index (χ3n) is 4.95. The van der Waals surface area contributed by atoms with E-state index in [0.29, 0.717) is 37.5 Å². The fourth-order valence-electron chi connectivity index (χ4n) is 3.29. The number of carbonyl (C=O) groups excluding carboxylic acids is 1. The molecular formula is C19H20FN3O2. The molecule has 5 nitrogen and oxygen atoms in total. The van der Waals surface area contributed by atoms with E-state index in [1.165, 1.54) is 12.1 Å². The van der Waals surface area contributed by atoms with Crippen molar-refractivity contribution in [1.82, 2.24) is 15.3 Å². The molecule has 0 unspecified atom stereocenters. The van der Waals surface area contributed by atoms with Crippen LogP contribution in [0.1, 0.15) is 53.3 Å². The average molecular weight is 341 g/mol. The predicted octanol–water partition coefficient (Wildman–Crippen LogP) is 2.93. The molecule has 1 aliphatic carbocycles. The van der Waals surface area contributed by atoms with Crippen molar-refractivity contribution in [3.63, 3.8) is 0 Å². The lowest BCUT2D eigenvalue weighted by Crippen LogP contribution is -2.49. The van der Waals surface area contributed by atoms with Crippen LogP contribution in [-0.2, 0) is 10.3 Å². The second kappa shape index (κ2) is 6.52. The summed E-state index contributed by atoms with van der Waals surface area (Å²) < 4.78 is 19.2. The summed E-state index contributed by atoms with van der Waals surface area (Å²) >= 11 is 0. The van der Waals surface area contributed by atoms with Crippen LogP contribution in [0.4, 0.5) is 4.39 Å². The maximum absolute atomic E-state index is 13.7. The SMILES string of the molecule is O=C(NC1(c2cccc(F)c2)CCOCC1)c1cnc(C2CC2)nc1. The second-order valence-corrected chi connectivity index (χ2v) is 6.76. The van der Waals surface area contributed by atoms with E-state index in [4.69, 9.17) is 4.74 Å². The van der Waals surface area contributed by atoms with Crippen LogP contribution in [0, 0.1) is 5.82 Å². The van der Waals surface area contributed by atoms with Crippen LogP contribution in [0.3, 0.4) is 0 Å². The molecule has 2 heterocycles. The van der Waals surface area contributed by atoms with Gasteiger partial charge in [-0.2, -0.15) is 0 Å². The van der Waals surface area contributed by atoms with Crippen LogP contribution in [0.2, 0.25) is 0 Å². The van der Waals surface area contributed by atoms with Gasteiger partial charge in [-0.1, -0.05) is 12.1 Å². The summed E-state index contributed by atoms with van der Waals surface area (Å²) in [5.41, 5.74) is 0.554. The van der Waals surface area contributed by atoms with Crippen LogP contribution in [0.15, 0.2) is 36.7 Å². The van der Waals surface area contributed by atoms with E-state index in [9.17, 15) is 9.18 Å². The molecule has 1 N–H and O–H groups in total. The molecule has 1 aromatic heterocycles. The van der Waals surface area contributed by atoms with Gasteiger partial charge in [0.25, 0.3) is 5.91 Å². The number of ether oxygens (including phenoxy) is 1. The van der Waals surface area contributed by atoms with Crippen molar-refractivity contribution >= 4 is 5.91 Å². The fourth-order valence-corrected chi connectivity index (χ4v) is 3.29. The number of nitrogens with zero attached hydrogens (tertiary/aromatic N) is 2. The van der Waals surface area contributed by atoms with Crippen LogP contribution in [0.5, 0.6) is 0 Å². The normalized spacial score (nSPS) is 19.4. The zero-order chi connectivity index (χ0) is 17.3. The molecule has 0 atom stereocenters. The highest BCUT2D eigenvalue weighted by molar-refractivity contribution is 5.94. The van der Waals surface area contributed by atoms with Gasteiger partial charge in [-0.15, -0.1) is 0 Å². The molecule has 130 valence electrons. The van der Waals surface area contributed by atoms with Crippen molar-refractivity contribution in [2.45, 2.75) is 37.1 Å². The first-order valence-electron chi connectivity index (χ1n) is 8.65. The molecule has 4 rings (SSSR count). The van der Waals surface area contributed by atoms with Gasteiger partial charge < -0.3 is 10.1 Å². The van der Waals surface area contributed by atoms with Gasteiger partial charge in [0.15, 0.2) is 0 Å².